The molecule has 0 atom stereocenters. The van der Waals surface area contributed by atoms with Crippen molar-refractivity contribution >= 4 is 17.7 Å². The number of carbonyl (C=O) groups is 1. The summed E-state index contributed by atoms with van der Waals surface area (Å²) >= 11 is 1.82. The molecule has 0 aromatic heterocycles. The van der Waals surface area contributed by atoms with Crippen LogP contribution in [-0.2, 0) is 17.0 Å². The molecule has 0 saturated heterocycles. The van der Waals surface area contributed by atoms with Crippen molar-refractivity contribution < 1.29 is 4.79 Å². The molecule has 2 aromatic carbocycles. The number of carbonyl (C=O) groups excluding carboxylic acids is 1. The zero-order chi connectivity index (χ0) is 15.2. The van der Waals surface area contributed by atoms with E-state index in [0.29, 0.717) is 6.42 Å². The Kier molecular flexibility index (Phi) is 5.42. The van der Waals surface area contributed by atoms with Crippen LogP contribution in [0.5, 0.6) is 0 Å². The van der Waals surface area contributed by atoms with Crippen LogP contribution in [0.25, 0.3) is 0 Å². The third-order valence-electron chi connectivity index (χ3n) is 3.43. The van der Waals surface area contributed by atoms with E-state index in [1.165, 1.54) is 21.6 Å². The van der Waals surface area contributed by atoms with Crippen molar-refractivity contribution in [3.05, 3.63) is 64.7 Å². The lowest BCUT2D eigenvalue weighted by Crippen LogP contribution is -2.31. The first-order valence-electron chi connectivity index (χ1n) is 6.86. The van der Waals surface area contributed by atoms with E-state index in [2.05, 4.69) is 49.6 Å². The van der Waals surface area contributed by atoms with Crippen LogP contribution in [0.2, 0.25) is 0 Å². The molecule has 3 nitrogen and oxygen atoms in total. The van der Waals surface area contributed by atoms with Gasteiger partial charge in [0.1, 0.15) is 0 Å². The van der Waals surface area contributed by atoms with Crippen molar-refractivity contribution in [2.75, 3.05) is 0 Å². The minimum atomic E-state index is -0.174. The maximum absolute atomic E-state index is 11.2. The molecule has 0 heterocycles. The first kappa shape index (κ1) is 15.6. The van der Waals surface area contributed by atoms with E-state index in [-0.39, 0.29) is 5.91 Å². The van der Waals surface area contributed by atoms with Crippen LogP contribution >= 0.6 is 11.8 Å². The second kappa shape index (κ2) is 7.29. The second-order valence-electron chi connectivity index (χ2n) is 5.10. The highest BCUT2D eigenvalue weighted by Gasteiger charge is 2.02. The van der Waals surface area contributed by atoms with Gasteiger partial charge in [-0.05, 0) is 48.2 Å². The third-order valence-corrected chi connectivity index (χ3v) is 4.50. The topological polar surface area (TPSA) is 55.1 Å². The molecule has 21 heavy (non-hydrogen) atoms. The number of benzene rings is 2. The van der Waals surface area contributed by atoms with Crippen molar-refractivity contribution in [3.63, 3.8) is 0 Å². The number of aryl methyl sites for hydroxylation is 2. The standard InChI is InChI=1S/C17H20N2OS/c1-12-3-8-16(9-13(12)2)21-11-15-6-4-14(5-7-15)10-17(20)19-18/h3-9H,10-11,18H2,1-2H3,(H,19,20). The summed E-state index contributed by atoms with van der Waals surface area (Å²) < 4.78 is 0. The summed E-state index contributed by atoms with van der Waals surface area (Å²) in [6.07, 6.45) is 0.321. The molecule has 3 N–H and O–H groups in total. The number of thioether (sulfide) groups is 1. The quantitative estimate of drug-likeness (QED) is 0.386. The van der Waals surface area contributed by atoms with Gasteiger partial charge in [-0.3, -0.25) is 10.2 Å². The lowest BCUT2D eigenvalue weighted by atomic mass is 10.1. The summed E-state index contributed by atoms with van der Waals surface area (Å²) in [5, 5.41) is 0. The first-order valence-corrected chi connectivity index (χ1v) is 7.84. The largest absolute Gasteiger partial charge is 0.294 e. The monoisotopic (exact) mass is 300 g/mol. The number of hydrazine groups is 1. The number of amides is 1. The second-order valence-corrected chi connectivity index (χ2v) is 6.14. The molecule has 110 valence electrons. The van der Waals surface area contributed by atoms with Crippen molar-refractivity contribution in [2.45, 2.75) is 30.9 Å². The zero-order valence-electron chi connectivity index (χ0n) is 12.3. The highest BCUT2D eigenvalue weighted by molar-refractivity contribution is 7.98. The Morgan fingerprint density at radius 3 is 2.33 bits per heavy atom. The zero-order valence-corrected chi connectivity index (χ0v) is 13.2. The average Bonchev–Trinajstić information content (AvgIpc) is 2.50. The summed E-state index contributed by atoms with van der Waals surface area (Å²) in [7, 11) is 0. The minimum Gasteiger partial charge on any atom is -0.294 e. The van der Waals surface area contributed by atoms with E-state index in [1.54, 1.807) is 0 Å². The molecule has 0 aliphatic rings. The van der Waals surface area contributed by atoms with Gasteiger partial charge in [0, 0.05) is 10.6 Å². The highest BCUT2D eigenvalue weighted by atomic mass is 32.2. The van der Waals surface area contributed by atoms with Gasteiger partial charge >= 0.3 is 0 Å². The molecule has 0 fully saturated rings. The van der Waals surface area contributed by atoms with Crippen molar-refractivity contribution in [2.24, 2.45) is 5.84 Å². The Hall–Kier alpha value is -1.78. The smallest absolute Gasteiger partial charge is 0.238 e. The maximum atomic E-state index is 11.2. The number of nitrogens with one attached hydrogen (secondary N) is 1. The first-order chi connectivity index (χ1) is 10.1. The Morgan fingerprint density at radius 1 is 1.05 bits per heavy atom. The molecule has 0 bridgehead atoms. The molecule has 2 aromatic rings. The van der Waals surface area contributed by atoms with E-state index >= 15 is 0 Å². The number of hydrogen-bond acceptors (Lipinski definition) is 3. The number of rotatable bonds is 5. The highest BCUT2D eigenvalue weighted by Crippen LogP contribution is 2.25. The molecular formula is C17H20N2OS. The van der Waals surface area contributed by atoms with E-state index in [4.69, 9.17) is 5.84 Å². The lowest BCUT2D eigenvalue weighted by Gasteiger charge is -2.06. The normalized spacial score (nSPS) is 10.4. The molecule has 0 unspecified atom stereocenters. The van der Waals surface area contributed by atoms with Crippen LogP contribution in [0.3, 0.4) is 0 Å². The maximum Gasteiger partial charge on any atom is 0.238 e. The number of hydrogen-bond donors (Lipinski definition) is 2. The van der Waals surface area contributed by atoms with E-state index < -0.39 is 0 Å². The molecule has 0 radical (unpaired) electrons. The summed E-state index contributed by atoms with van der Waals surface area (Å²) in [6.45, 7) is 4.26. The van der Waals surface area contributed by atoms with Crippen molar-refractivity contribution in [1.29, 1.82) is 0 Å². The summed E-state index contributed by atoms with van der Waals surface area (Å²) in [5.74, 6) is 5.83. The predicted molar refractivity (Wildman–Crippen MR) is 88.0 cm³/mol. The Balaban J connectivity index is 1.94. The van der Waals surface area contributed by atoms with Gasteiger partial charge in [0.2, 0.25) is 5.91 Å². The SMILES string of the molecule is Cc1ccc(SCc2ccc(CC(=O)NN)cc2)cc1C. The molecular weight excluding hydrogens is 280 g/mol. The summed E-state index contributed by atoms with van der Waals surface area (Å²) in [5.41, 5.74) is 7.00. The number of nitrogens with two attached hydrogens (primary N) is 1. The van der Waals surface area contributed by atoms with Crippen molar-refractivity contribution in [3.8, 4) is 0 Å². The molecule has 0 aliphatic heterocycles. The Bertz CT molecular complexity index is 623. The van der Waals surface area contributed by atoms with Crippen LogP contribution < -0.4 is 11.3 Å². The van der Waals surface area contributed by atoms with Gasteiger partial charge in [0.05, 0.1) is 6.42 Å². The van der Waals surface area contributed by atoms with E-state index in [9.17, 15) is 4.79 Å². The van der Waals surface area contributed by atoms with Gasteiger partial charge in [-0.2, -0.15) is 0 Å². The van der Waals surface area contributed by atoms with Gasteiger partial charge in [-0.1, -0.05) is 30.3 Å². The van der Waals surface area contributed by atoms with Crippen LogP contribution in [0.15, 0.2) is 47.4 Å². The fraction of sp³-hybridized carbons (Fsp3) is 0.235. The van der Waals surface area contributed by atoms with Gasteiger partial charge in [0.15, 0.2) is 0 Å². The fourth-order valence-corrected chi connectivity index (χ4v) is 2.91. The Morgan fingerprint density at radius 2 is 1.71 bits per heavy atom. The predicted octanol–water partition coefficient (Wildman–Crippen LogP) is 3.13. The lowest BCUT2D eigenvalue weighted by molar-refractivity contribution is -0.120. The molecule has 4 heteroatoms. The van der Waals surface area contributed by atoms with Gasteiger partial charge < -0.3 is 0 Å². The van der Waals surface area contributed by atoms with E-state index in [1.807, 2.05) is 23.9 Å². The summed E-state index contributed by atoms with van der Waals surface area (Å²) in [6, 6.07) is 14.6. The molecule has 1 amide bonds. The van der Waals surface area contributed by atoms with Crippen LogP contribution in [0.1, 0.15) is 22.3 Å². The molecule has 2 rings (SSSR count). The van der Waals surface area contributed by atoms with Gasteiger partial charge in [-0.25, -0.2) is 5.84 Å². The van der Waals surface area contributed by atoms with Crippen molar-refractivity contribution in [1.82, 2.24) is 5.43 Å². The molecule has 0 spiro atoms. The third kappa shape index (κ3) is 4.62. The van der Waals surface area contributed by atoms with Crippen LogP contribution in [0, 0.1) is 13.8 Å². The van der Waals surface area contributed by atoms with Crippen LogP contribution in [0.4, 0.5) is 0 Å². The Labute approximate surface area is 129 Å². The molecule has 0 aliphatic carbocycles. The van der Waals surface area contributed by atoms with Crippen LogP contribution in [-0.4, -0.2) is 5.91 Å². The van der Waals surface area contributed by atoms with E-state index in [0.717, 1.165) is 11.3 Å². The average molecular weight is 300 g/mol. The van der Waals surface area contributed by atoms with Gasteiger partial charge in [0.25, 0.3) is 0 Å². The fourth-order valence-electron chi connectivity index (χ4n) is 1.96. The summed E-state index contributed by atoms with van der Waals surface area (Å²) in [4.78, 5) is 12.5. The molecule has 0 saturated carbocycles. The minimum absolute atomic E-state index is 0.174. The van der Waals surface area contributed by atoms with Gasteiger partial charge in [-0.15, -0.1) is 11.8 Å².